The van der Waals surface area contributed by atoms with E-state index in [2.05, 4.69) is 5.32 Å². The van der Waals surface area contributed by atoms with Gasteiger partial charge in [0.05, 0.1) is 6.61 Å². The van der Waals surface area contributed by atoms with Crippen molar-refractivity contribution >= 4 is 23.2 Å². The number of carbonyl (C=O) groups is 1. The van der Waals surface area contributed by atoms with Crippen molar-refractivity contribution in [2.24, 2.45) is 0 Å². The molecule has 0 aromatic heterocycles. The zero-order valence-corrected chi connectivity index (χ0v) is 11.0. The molecule has 2 aromatic rings. The van der Waals surface area contributed by atoms with Crippen LogP contribution in [-0.4, -0.2) is 11.0 Å². The van der Waals surface area contributed by atoms with Crippen LogP contribution >= 0.6 is 11.6 Å². The fourth-order valence-electron chi connectivity index (χ4n) is 1.75. The predicted molar refractivity (Wildman–Crippen MR) is 76.3 cm³/mol. The van der Waals surface area contributed by atoms with Gasteiger partial charge in [0.1, 0.15) is 0 Å². The molecule has 2 rings (SSSR count). The number of aliphatic hydroxyl groups is 1. The van der Waals surface area contributed by atoms with Crippen LogP contribution in [-0.2, 0) is 12.5 Å². The highest BCUT2D eigenvalue weighted by Gasteiger charge is 2.06. The third-order valence-corrected chi connectivity index (χ3v) is 3.02. The average molecular weight is 276 g/mol. The van der Waals surface area contributed by atoms with Gasteiger partial charge in [0.2, 0.25) is 0 Å². The van der Waals surface area contributed by atoms with Gasteiger partial charge < -0.3 is 10.4 Å². The molecule has 0 atom stereocenters. The van der Waals surface area contributed by atoms with Crippen LogP contribution in [0.15, 0.2) is 48.5 Å². The van der Waals surface area contributed by atoms with Crippen molar-refractivity contribution in [3.05, 3.63) is 65.2 Å². The fourth-order valence-corrected chi connectivity index (χ4v) is 1.91. The van der Waals surface area contributed by atoms with Crippen LogP contribution in [0, 0.1) is 0 Å². The van der Waals surface area contributed by atoms with Crippen LogP contribution in [0.4, 0.5) is 5.69 Å². The highest BCUT2D eigenvalue weighted by atomic mass is 35.5. The number of anilines is 1. The molecule has 0 aliphatic heterocycles. The highest BCUT2D eigenvalue weighted by molar-refractivity contribution is 6.17. The molecule has 2 aromatic carbocycles. The number of benzene rings is 2. The molecule has 0 heterocycles. The molecule has 0 spiro atoms. The summed E-state index contributed by atoms with van der Waals surface area (Å²) in [4.78, 5) is 12.1. The molecule has 0 fully saturated rings. The van der Waals surface area contributed by atoms with Gasteiger partial charge in [0, 0.05) is 17.1 Å². The van der Waals surface area contributed by atoms with E-state index < -0.39 is 0 Å². The standard InChI is InChI=1S/C15H14ClNO2/c16-9-11-3-1-5-13(7-11)15(19)17-14-6-2-4-12(8-14)10-18/h1-8,18H,9-10H2,(H,17,19). The van der Waals surface area contributed by atoms with E-state index in [4.69, 9.17) is 16.7 Å². The summed E-state index contributed by atoms with van der Waals surface area (Å²) in [6.07, 6.45) is 0. The average Bonchev–Trinajstić information content (AvgIpc) is 2.47. The lowest BCUT2D eigenvalue weighted by atomic mass is 10.1. The predicted octanol–water partition coefficient (Wildman–Crippen LogP) is 3.17. The Morgan fingerprint density at radius 1 is 1.11 bits per heavy atom. The summed E-state index contributed by atoms with van der Waals surface area (Å²) in [6, 6.07) is 14.3. The number of carbonyl (C=O) groups excluding carboxylic acids is 1. The lowest BCUT2D eigenvalue weighted by molar-refractivity contribution is 0.102. The van der Waals surface area contributed by atoms with Crippen LogP contribution in [0.1, 0.15) is 21.5 Å². The van der Waals surface area contributed by atoms with Crippen LogP contribution in [0.5, 0.6) is 0 Å². The molecule has 0 unspecified atom stereocenters. The minimum Gasteiger partial charge on any atom is -0.392 e. The van der Waals surface area contributed by atoms with Crippen LogP contribution in [0.2, 0.25) is 0 Å². The van der Waals surface area contributed by atoms with E-state index in [9.17, 15) is 4.79 Å². The van der Waals surface area contributed by atoms with Crippen LogP contribution < -0.4 is 5.32 Å². The minimum absolute atomic E-state index is 0.0502. The molecule has 0 saturated carbocycles. The van der Waals surface area contributed by atoms with Gasteiger partial charge in [-0.15, -0.1) is 11.6 Å². The summed E-state index contributed by atoms with van der Waals surface area (Å²) >= 11 is 5.74. The molecule has 0 bridgehead atoms. The van der Waals surface area contributed by atoms with E-state index in [1.165, 1.54) is 0 Å². The molecule has 0 radical (unpaired) electrons. The number of nitrogens with one attached hydrogen (secondary N) is 1. The SMILES string of the molecule is O=C(Nc1cccc(CO)c1)c1cccc(CCl)c1. The summed E-state index contributed by atoms with van der Waals surface area (Å²) in [7, 11) is 0. The molecular weight excluding hydrogens is 262 g/mol. The van der Waals surface area contributed by atoms with Crippen LogP contribution in [0.3, 0.4) is 0 Å². The van der Waals surface area contributed by atoms with E-state index >= 15 is 0 Å². The summed E-state index contributed by atoms with van der Waals surface area (Å²) in [5.41, 5.74) is 2.88. The third-order valence-electron chi connectivity index (χ3n) is 2.71. The lowest BCUT2D eigenvalue weighted by Crippen LogP contribution is -2.12. The van der Waals surface area contributed by atoms with Crippen molar-refractivity contribution in [1.29, 1.82) is 0 Å². The monoisotopic (exact) mass is 275 g/mol. The number of rotatable bonds is 4. The van der Waals surface area contributed by atoms with Gasteiger partial charge in [-0.2, -0.15) is 0 Å². The van der Waals surface area contributed by atoms with Gasteiger partial charge in [-0.05, 0) is 35.4 Å². The normalized spacial score (nSPS) is 10.2. The van der Waals surface area contributed by atoms with E-state index in [0.717, 1.165) is 11.1 Å². The van der Waals surface area contributed by atoms with Gasteiger partial charge in [-0.1, -0.05) is 24.3 Å². The largest absolute Gasteiger partial charge is 0.392 e. The van der Waals surface area contributed by atoms with Gasteiger partial charge in [-0.3, -0.25) is 4.79 Å². The van der Waals surface area contributed by atoms with Crippen molar-refractivity contribution in [3.8, 4) is 0 Å². The Kier molecular flexibility index (Phi) is 4.55. The molecule has 0 saturated heterocycles. The molecule has 4 heteroatoms. The summed E-state index contributed by atoms with van der Waals surface area (Å²) < 4.78 is 0. The first-order valence-electron chi connectivity index (χ1n) is 5.89. The van der Waals surface area contributed by atoms with E-state index in [0.29, 0.717) is 17.1 Å². The zero-order chi connectivity index (χ0) is 13.7. The third kappa shape index (κ3) is 3.56. The number of aliphatic hydroxyl groups excluding tert-OH is 1. The van der Waals surface area contributed by atoms with Crippen molar-refractivity contribution < 1.29 is 9.90 Å². The van der Waals surface area contributed by atoms with E-state index in [1.54, 1.807) is 42.5 Å². The summed E-state index contributed by atoms with van der Waals surface area (Å²) in [5.74, 6) is 0.184. The quantitative estimate of drug-likeness (QED) is 0.842. The second kappa shape index (κ2) is 6.36. The maximum atomic E-state index is 12.1. The van der Waals surface area contributed by atoms with Crippen molar-refractivity contribution in [3.63, 3.8) is 0 Å². The van der Waals surface area contributed by atoms with E-state index in [-0.39, 0.29) is 12.5 Å². The van der Waals surface area contributed by atoms with Crippen molar-refractivity contribution in [2.75, 3.05) is 5.32 Å². The minimum atomic E-state index is -0.193. The Bertz CT molecular complexity index is 584. The van der Waals surface area contributed by atoms with Gasteiger partial charge in [-0.25, -0.2) is 0 Å². The molecular formula is C15H14ClNO2. The van der Waals surface area contributed by atoms with Gasteiger partial charge in [0.15, 0.2) is 0 Å². The molecule has 0 aliphatic rings. The van der Waals surface area contributed by atoms with Crippen molar-refractivity contribution in [1.82, 2.24) is 0 Å². The Morgan fingerprint density at radius 2 is 1.84 bits per heavy atom. The van der Waals surface area contributed by atoms with Crippen molar-refractivity contribution in [2.45, 2.75) is 12.5 Å². The Morgan fingerprint density at radius 3 is 2.58 bits per heavy atom. The topological polar surface area (TPSA) is 49.3 Å². The van der Waals surface area contributed by atoms with Gasteiger partial charge in [0.25, 0.3) is 5.91 Å². The Labute approximate surface area is 116 Å². The number of hydrogen-bond acceptors (Lipinski definition) is 2. The molecule has 19 heavy (non-hydrogen) atoms. The van der Waals surface area contributed by atoms with E-state index in [1.807, 2.05) is 6.07 Å². The fraction of sp³-hybridized carbons (Fsp3) is 0.133. The summed E-state index contributed by atoms with van der Waals surface area (Å²) in [6.45, 7) is -0.0502. The Hall–Kier alpha value is -1.84. The molecule has 3 nitrogen and oxygen atoms in total. The maximum Gasteiger partial charge on any atom is 0.255 e. The number of halogens is 1. The first-order valence-corrected chi connectivity index (χ1v) is 6.42. The maximum absolute atomic E-state index is 12.1. The first kappa shape index (κ1) is 13.6. The molecule has 1 amide bonds. The summed E-state index contributed by atoms with van der Waals surface area (Å²) in [5, 5.41) is 11.8. The smallest absolute Gasteiger partial charge is 0.255 e. The lowest BCUT2D eigenvalue weighted by Gasteiger charge is -2.07. The zero-order valence-electron chi connectivity index (χ0n) is 10.3. The number of alkyl halides is 1. The van der Waals surface area contributed by atoms with Gasteiger partial charge >= 0.3 is 0 Å². The number of amides is 1. The second-order valence-corrected chi connectivity index (χ2v) is 4.41. The molecule has 2 N–H and O–H groups in total. The first-order chi connectivity index (χ1) is 9.22. The van der Waals surface area contributed by atoms with Crippen LogP contribution in [0.25, 0.3) is 0 Å². The number of hydrogen-bond donors (Lipinski definition) is 2. The second-order valence-electron chi connectivity index (χ2n) is 4.15. The molecule has 98 valence electrons. The Balaban J connectivity index is 2.15. The molecule has 0 aliphatic carbocycles. The highest BCUT2D eigenvalue weighted by Crippen LogP contribution is 2.13.